The zero-order valence-electron chi connectivity index (χ0n) is 23.3. The van der Waals surface area contributed by atoms with E-state index in [9.17, 15) is 25.3 Å². The molecular formula is C29H32O10S3. The molecule has 4 aromatic carbocycles. The highest BCUT2D eigenvalue weighted by Crippen LogP contribution is 2.25. The summed E-state index contributed by atoms with van der Waals surface area (Å²) >= 11 is 0. The maximum atomic E-state index is 12.8. The lowest BCUT2D eigenvalue weighted by Crippen LogP contribution is -2.02. The number of aryl methyl sites for hydroxylation is 1. The van der Waals surface area contributed by atoms with Crippen molar-refractivity contribution in [3.8, 4) is 22.6 Å². The third kappa shape index (κ3) is 12.8. The second-order valence-electron chi connectivity index (χ2n) is 8.97. The number of benzene rings is 4. The lowest BCUT2D eigenvalue weighted by molar-refractivity contribution is 0.306. The van der Waals surface area contributed by atoms with Crippen LogP contribution in [0.25, 0.3) is 11.1 Å². The average molecular weight is 637 g/mol. The summed E-state index contributed by atoms with van der Waals surface area (Å²) in [6, 6.07) is 29.5. The van der Waals surface area contributed by atoms with Gasteiger partial charge in [0.15, 0.2) is 0 Å². The van der Waals surface area contributed by atoms with Crippen LogP contribution in [0, 0.1) is 6.92 Å². The first-order valence-electron chi connectivity index (χ1n) is 12.1. The Morgan fingerprint density at radius 3 is 1.33 bits per heavy atom. The minimum Gasteiger partial charge on any atom is -0.497 e. The van der Waals surface area contributed by atoms with Gasteiger partial charge in [0.05, 0.1) is 29.4 Å². The summed E-state index contributed by atoms with van der Waals surface area (Å²) in [5.74, 6) is 1.45. The van der Waals surface area contributed by atoms with Gasteiger partial charge in [0.1, 0.15) is 18.1 Å². The smallest absolute Gasteiger partial charge is 0.261 e. The first kappa shape index (κ1) is 34.5. The Morgan fingerprint density at radius 2 is 0.929 bits per heavy atom. The van der Waals surface area contributed by atoms with Crippen LogP contribution in [0.15, 0.2) is 107 Å². The van der Waals surface area contributed by atoms with Crippen LogP contribution in [0.4, 0.5) is 0 Å². The second kappa shape index (κ2) is 14.9. The van der Waals surface area contributed by atoms with Gasteiger partial charge >= 0.3 is 0 Å². The monoisotopic (exact) mass is 636 g/mol. The molecule has 2 N–H and O–H groups in total. The number of hydrogen-bond acceptors (Lipinski definition) is 8. The molecule has 226 valence electrons. The molecule has 0 bridgehead atoms. The maximum Gasteiger partial charge on any atom is 0.261 e. The molecule has 0 spiro atoms. The van der Waals surface area contributed by atoms with E-state index in [1.807, 2.05) is 43.3 Å². The molecule has 0 unspecified atom stereocenters. The van der Waals surface area contributed by atoms with Crippen LogP contribution in [-0.4, -0.2) is 54.0 Å². The molecule has 0 aliphatic rings. The highest BCUT2D eigenvalue weighted by atomic mass is 32.2. The Bertz CT molecular complexity index is 1700. The maximum absolute atomic E-state index is 12.8. The lowest BCUT2D eigenvalue weighted by Gasteiger charge is -2.09. The van der Waals surface area contributed by atoms with Crippen molar-refractivity contribution < 1.29 is 43.8 Å². The molecule has 0 radical (unpaired) electrons. The number of ether oxygens (including phenoxy) is 2. The van der Waals surface area contributed by atoms with Crippen molar-refractivity contribution in [2.24, 2.45) is 0 Å². The van der Waals surface area contributed by atoms with Crippen molar-refractivity contribution in [2.45, 2.75) is 23.3 Å². The van der Waals surface area contributed by atoms with Crippen LogP contribution in [-0.2, 0) is 36.7 Å². The van der Waals surface area contributed by atoms with Crippen molar-refractivity contribution >= 4 is 30.1 Å². The van der Waals surface area contributed by atoms with Gasteiger partial charge in [-0.05, 0) is 72.1 Å². The zero-order valence-corrected chi connectivity index (χ0v) is 25.8. The van der Waals surface area contributed by atoms with Crippen LogP contribution in [0.5, 0.6) is 11.5 Å². The molecule has 4 aromatic rings. The zero-order chi connectivity index (χ0) is 31.6. The molecule has 0 saturated heterocycles. The van der Waals surface area contributed by atoms with Crippen LogP contribution < -0.4 is 9.47 Å². The van der Waals surface area contributed by atoms with Crippen molar-refractivity contribution in [3.63, 3.8) is 0 Å². The summed E-state index contributed by atoms with van der Waals surface area (Å²) < 4.78 is 88.3. The predicted octanol–water partition coefficient (Wildman–Crippen LogP) is 5.09. The Balaban J connectivity index is 0.000000533. The van der Waals surface area contributed by atoms with Crippen LogP contribution in [0.3, 0.4) is 0 Å². The Kier molecular flexibility index (Phi) is 12.3. The fourth-order valence-corrected chi connectivity index (χ4v) is 4.57. The minimum absolute atomic E-state index is 0.248. The molecular weight excluding hydrogens is 605 g/mol. The molecule has 0 aromatic heterocycles. The molecule has 0 aliphatic heterocycles. The summed E-state index contributed by atoms with van der Waals surface area (Å²) in [6.45, 7) is 2.32. The highest BCUT2D eigenvalue weighted by molar-refractivity contribution is 7.91. The topological polar surface area (TPSA) is 161 Å². The van der Waals surface area contributed by atoms with E-state index in [0.717, 1.165) is 28.0 Å². The average Bonchev–Trinajstić information content (AvgIpc) is 2.91. The van der Waals surface area contributed by atoms with Gasteiger partial charge in [0.2, 0.25) is 9.84 Å². The van der Waals surface area contributed by atoms with Crippen LogP contribution in [0.1, 0.15) is 11.1 Å². The van der Waals surface area contributed by atoms with E-state index in [2.05, 4.69) is 12.1 Å². The minimum atomic E-state index is -3.67. The van der Waals surface area contributed by atoms with Gasteiger partial charge in [-0.3, -0.25) is 9.11 Å². The SMILES string of the molecule is COc1ccc(-c2ccc(COc3ccc(S(=O)(=O)c4ccc(C)cc4)cc3)cc2)cc1.CS(=O)(=O)O.CS(=O)(=O)O. The molecule has 4 rings (SSSR count). The first-order chi connectivity index (χ1) is 19.5. The molecule has 0 atom stereocenters. The predicted molar refractivity (Wildman–Crippen MR) is 161 cm³/mol. The molecule has 0 fully saturated rings. The van der Waals surface area contributed by atoms with Gasteiger partial charge in [0, 0.05) is 0 Å². The molecule has 10 nitrogen and oxygen atoms in total. The molecule has 0 amide bonds. The summed E-state index contributed by atoms with van der Waals surface area (Å²) in [5, 5.41) is 0. The lowest BCUT2D eigenvalue weighted by atomic mass is 10.0. The Morgan fingerprint density at radius 1 is 0.571 bits per heavy atom. The fourth-order valence-electron chi connectivity index (χ4n) is 3.31. The van der Waals surface area contributed by atoms with Gasteiger partial charge < -0.3 is 9.47 Å². The van der Waals surface area contributed by atoms with Crippen molar-refractivity contribution in [2.75, 3.05) is 19.6 Å². The summed E-state index contributed by atoms with van der Waals surface area (Å²) in [4.78, 5) is 0.534. The van der Waals surface area contributed by atoms with Gasteiger partial charge in [-0.25, -0.2) is 8.42 Å². The Hall–Kier alpha value is -3.75. The van der Waals surface area contributed by atoms with Gasteiger partial charge in [-0.1, -0.05) is 54.1 Å². The highest BCUT2D eigenvalue weighted by Gasteiger charge is 2.17. The van der Waals surface area contributed by atoms with Crippen molar-refractivity contribution in [1.29, 1.82) is 0 Å². The third-order valence-electron chi connectivity index (χ3n) is 5.25. The second-order valence-corrected chi connectivity index (χ2v) is 13.8. The van der Waals surface area contributed by atoms with E-state index in [-0.39, 0.29) is 9.79 Å². The molecule has 42 heavy (non-hydrogen) atoms. The van der Waals surface area contributed by atoms with Gasteiger partial charge in [0.25, 0.3) is 20.2 Å². The van der Waals surface area contributed by atoms with Crippen molar-refractivity contribution in [3.05, 3.63) is 108 Å². The van der Waals surface area contributed by atoms with Crippen LogP contribution in [0.2, 0.25) is 0 Å². The first-order valence-corrected chi connectivity index (χ1v) is 17.3. The quantitative estimate of drug-likeness (QED) is 0.261. The molecule has 0 aliphatic carbocycles. The fraction of sp³-hybridized carbons (Fsp3) is 0.172. The van der Waals surface area contributed by atoms with Gasteiger partial charge in [-0.2, -0.15) is 16.8 Å². The number of hydrogen-bond donors (Lipinski definition) is 2. The van der Waals surface area contributed by atoms with E-state index >= 15 is 0 Å². The summed E-state index contributed by atoms with van der Waals surface area (Å²) in [5.41, 5.74) is 4.27. The van der Waals surface area contributed by atoms with E-state index in [1.165, 1.54) is 0 Å². The summed E-state index contributed by atoms with van der Waals surface area (Å²) in [7, 11) is -9.22. The van der Waals surface area contributed by atoms with Crippen LogP contribution >= 0.6 is 0 Å². The molecule has 0 heterocycles. The number of sulfone groups is 1. The molecule has 13 heteroatoms. The standard InChI is InChI=1S/C27H24O4S.2CH4O3S/c1-20-3-15-26(16-4-20)32(28,29)27-17-13-25(14-18-27)31-19-21-5-7-22(8-6-21)23-9-11-24(30-2)12-10-23;2*1-5(2,3)4/h3-18H,19H2,1-2H3;2*1H3,(H,2,3,4). The third-order valence-corrected chi connectivity index (χ3v) is 7.03. The van der Waals surface area contributed by atoms with E-state index < -0.39 is 30.1 Å². The van der Waals surface area contributed by atoms with E-state index in [4.69, 9.17) is 18.6 Å². The Labute approximate surface area is 247 Å². The molecule has 0 saturated carbocycles. The summed E-state index contributed by atoms with van der Waals surface area (Å²) in [6.07, 6.45) is 1.43. The van der Waals surface area contributed by atoms with Crippen molar-refractivity contribution in [1.82, 2.24) is 0 Å². The van der Waals surface area contributed by atoms with E-state index in [0.29, 0.717) is 24.9 Å². The normalized spacial score (nSPS) is 11.3. The number of methoxy groups -OCH3 is 1. The largest absolute Gasteiger partial charge is 0.497 e. The van der Waals surface area contributed by atoms with Gasteiger partial charge in [-0.15, -0.1) is 0 Å². The van der Waals surface area contributed by atoms with E-state index in [1.54, 1.807) is 55.6 Å². The number of rotatable bonds is 7.